The number of halogens is 2. The summed E-state index contributed by atoms with van der Waals surface area (Å²) in [7, 11) is 0.908. The first-order chi connectivity index (χ1) is 7.97. The number of nitrogens with zero attached hydrogens (tertiary/aromatic N) is 1. The van der Waals surface area contributed by atoms with Crippen LogP contribution >= 0.6 is 0 Å². The molecule has 0 aliphatic rings. The molecular formula is C10H7F2NO4. The van der Waals surface area contributed by atoms with Gasteiger partial charge in [0, 0.05) is 17.7 Å². The van der Waals surface area contributed by atoms with E-state index in [1.165, 1.54) is 0 Å². The Labute approximate surface area is 94.5 Å². The van der Waals surface area contributed by atoms with Gasteiger partial charge >= 0.3 is 5.97 Å². The largest absolute Gasteiger partial charge is 0.464 e. The van der Waals surface area contributed by atoms with E-state index in [2.05, 4.69) is 4.74 Å². The van der Waals surface area contributed by atoms with Crippen LogP contribution in [0, 0.1) is 10.1 Å². The molecule has 0 aliphatic carbocycles. The molecule has 0 amide bonds. The SMILES string of the molecule is COC(=O)/C(F)=C(\F)c1ccc([N+](=O)[O-])cc1. The summed E-state index contributed by atoms with van der Waals surface area (Å²) in [5.41, 5.74) is -0.543. The quantitative estimate of drug-likeness (QED) is 0.353. The van der Waals surface area contributed by atoms with E-state index in [4.69, 9.17) is 0 Å². The van der Waals surface area contributed by atoms with Crippen molar-refractivity contribution in [2.75, 3.05) is 7.11 Å². The highest BCUT2D eigenvalue weighted by Crippen LogP contribution is 2.24. The van der Waals surface area contributed by atoms with Crippen molar-refractivity contribution in [2.24, 2.45) is 0 Å². The molecule has 0 aromatic heterocycles. The highest BCUT2D eigenvalue weighted by atomic mass is 19.2. The number of benzene rings is 1. The van der Waals surface area contributed by atoms with Crippen molar-refractivity contribution in [1.82, 2.24) is 0 Å². The first kappa shape index (κ1) is 12.8. The highest BCUT2D eigenvalue weighted by Gasteiger charge is 2.18. The minimum absolute atomic E-state index is 0.264. The van der Waals surface area contributed by atoms with Gasteiger partial charge in [-0.25, -0.2) is 9.18 Å². The smallest absolute Gasteiger partial charge is 0.370 e. The van der Waals surface area contributed by atoms with E-state index in [1.807, 2.05) is 0 Å². The molecule has 0 radical (unpaired) electrons. The number of carbonyl (C=O) groups excluding carboxylic acids is 1. The summed E-state index contributed by atoms with van der Waals surface area (Å²) < 4.78 is 30.4. The number of nitro groups is 1. The van der Waals surface area contributed by atoms with Gasteiger partial charge in [-0.3, -0.25) is 10.1 Å². The zero-order valence-corrected chi connectivity index (χ0v) is 8.65. The molecule has 1 aromatic rings. The Morgan fingerprint density at radius 3 is 2.24 bits per heavy atom. The molecule has 0 bridgehead atoms. The van der Waals surface area contributed by atoms with Crippen LogP contribution in [0.3, 0.4) is 0 Å². The zero-order valence-electron chi connectivity index (χ0n) is 8.65. The summed E-state index contributed by atoms with van der Waals surface area (Å²) in [6, 6.07) is 3.99. The summed E-state index contributed by atoms with van der Waals surface area (Å²) in [4.78, 5) is 20.3. The lowest BCUT2D eigenvalue weighted by molar-refractivity contribution is -0.384. The van der Waals surface area contributed by atoms with Crippen LogP contribution in [0.2, 0.25) is 0 Å². The van der Waals surface area contributed by atoms with Crippen LogP contribution in [0.25, 0.3) is 5.83 Å². The summed E-state index contributed by atoms with van der Waals surface area (Å²) in [5.74, 6) is -4.55. The van der Waals surface area contributed by atoms with Crippen LogP contribution < -0.4 is 0 Å². The molecule has 17 heavy (non-hydrogen) atoms. The number of nitro benzene ring substituents is 1. The molecule has 0 saturated heterocycles. The molecule has 90 valence electrons. The van der Waals surface area contributed by atoms with Gasteiger partial charge in [-0.15, -0.1) is 0 Å². The van der Waals surface area contributed by atoms with E-state index in [1.54, 1.807) is 0 Å². The normalized spacial score (nSPS) is 11.7. The van der Waals surface area contributed by atoms with Gasteiger partial charge in [-0.1, -0.05) is 0 Å². The number of hydrogen-bond donors (Lipinski definition) is 0. The molecule has 0 spiro atoms. The average Bonchev–Trinajstić information content (AvgIpc) is 2.36. The van der Waals surface area contributed by atoms with Gasteiger partial charge < -0.3 is 4.74 Å². The average molecular weight is 243 g/mol. The summed E-state index contributed by atoms with van der Waals surface area (Å²) in [6.07, 6.45) is 0. The van der Waals surface area contributed by atoms with Gasteiger partial charge in [0.05, 0.1) is 12.0 Å². The molecule has 0 heterocycles. The molecule has 7 heteroatoms. The van der Waals surface area contributed by atoms with Gasteiger partial charge in [0.25, 0.3) is 5.69 Å². The van der Waals surface area contributed by atoms with Crippen molar-refractivity contribution in [3.8, 4) is 0 Å². The first-order valence-corrected chi connectivity index (χ1v) is 4.35. The lowest BCUT2D eigenvalue weighted by Gasteiger charge is -2.00. The molecule has 1 rings (SSSR count). The second-order valence-electron chi connectivity index (χ2n) is 2.92. The monoisotopic (exact) mass is 243 g/mol. The Morgan fingerprint density at radius 2 is 1.82 bits per heavy atom. The standard InChI is InChI=1S/C10H7F2NO4/c1-17-10(14)9(12)8(11)6-2-4-7(5-3-6)13(15)16/h2-5H,1H3/b9-8+. The number of ether oxygens (including phenoxy) is 1. The van der Waals surface area contributed by atoms with Crippen molar-refractivity contribution in [3.63, 3.8) is 0 Å². The predicted octanol–water partition coefficient (Wildman–Crippen LogP) is 2.38. The second-order valence-corrected chi connectivity index (χ2v) is 2.92. The highest BCUT2D eigenvalue weighted by molar-refractivity contribution is 5.93. The maximum atomic E-state index is 13.3. The first-order valence-electron chi connectivity index (χ1n) is 4.35. The van der Waals surface area contributed by atoms with E-state index in [0.717, 1.165) is 31.4 Å². The summed E-state index contributed by atoms with van der Waals surface area (Å²) in [5, 5.41) is 10.3. The van der Waals surface area contributed by atoms with Crippen LogP contribution in [0.5, 0.6) is 0 Å². The minimum atomic E-state index is -1.68. The summed E-state index contributed by atoms with van der Waals surface area (Å²) in [6.45, 7) is 0. The fraction of sp³-hybridized carbons (Fsp3) is 0.100. The number of non-ortho nitro benzene ring substituents is 1. The van der Waals surface area contributed by atoms with Gasteiger partial charge in [0.2, 0.25) is 5.83 Å². The van der Waals surface area contributed by atoms with Gasteiger partial charge in [0.15, 0.2) is 5.83 Å². The van der Waals surface area contributed by atoms with Gasteiger partial charge in [-0.2, -0.15) is 4.39 Å². The molecule has 0 aliphatic heterocycles. The Bertz CT molecular complexity index is 482. The topological polar surface area (TPSA) is 69.4 Å². The Balaban J connectivity index is 3.09. The molecule has 0 saturated carbocycles. The molecule has 5 nitrogen and oxygen atoms in total. The number of esters is 1. The molecule has 0 fully saturated rings. The molecule has 0 N–H and O–H groups in total. The van der Waals surface area contributed by atoms with E-state index >= 15 is 0 Å². The van der Waals surface area contributed by atoms with Crippen molar-refractivity contribution in [2.45, 2.75) is 0 Å². The Kier molecular flexibility index (Phi) is 3.86. The molecule has 0 atom stereocenters. The fourth-order valence-electron chi connectivity index (χ4n) is 1.04. The van der Waals surface area contributed by atoms with Crippen LogP contribution in [-0.2, 0) is 9.53 Å². The van der Waals surface area contributed by atoms with Crippen molar-refractivity contribution in [3.05, 3.63) is 45.8 Å². The second kappa shape index (κ2) is 5.15. The van der Waals surface area contributed by atoms with E-state index in [-0.39, 0.29) is 11.3 Å². The van der Waals surface area contributed by atoms with E-state index in [0.29, 0.717) is 0 Å². The Morgan fingerprint density at radius 1 is 1.29 bits per heavy atom. The predicted molar refractivity (Wildman–Crippen MR) is 54.2 cm³/mol. The van der Waals surface area contributed by atoms with Crippen molar-refractivity contribution < 1.29 is 23.2 Å². The molecule has 1 aromatic carbocycles. The van der Waals surface area contributed by atoms with Crippen LogP contribution in [0.1, 0.15) is 5.56 Å². The summed E-state index contributed by atoms with van der Waals surface area (Å²) >= 11 is 0. The lowest BCUT2D eigenvalue weighted by Crippen LogP contribution is -2.02. The number of carbonyl (C=O) groups is 1. The lowest BCUT2D eigenvalue weighted by atomic mass is 10.1. The third-order valence-electron chi connectivity index (χ3n) is 1.89. The molecular weight excluding hydrogens is 236 g/mol. The van der Waals surface area contributed by atoms with Gasteiger partial charge in [0.1, 0.15) is 0 Å². The number of rotatable bonds is 3. The van der Waals surface area contributed by atoms with E-state index in [9.17, 15) is 23.7 Å². The fourth-order valence-corrected chi connectivity index (χ4v) is 1.04. The third kappa shape index (κ3) is 2.83. The van der Waals surface area contributed by atoms with E-state index < -0.39 is 22.5 Å². The molecule has 0 unspecified atom stereocenters. The zero-order chi connectivity index (χ0) is 13.0. The number of hydrogen-bond acceptors (Lipinski definition) is 4. The van der Waals surface area contributed by atoms with Crippen molar-refractivity contribution >= 4 is 17.5 Å². The maximum absolute atomic E-state index is 13.3. The van der Waals surface area contributed by atoms with Crippen LogP contribution in [0.15, 0.2) is 30.1 Å². The minimum Gasteiger partial charge on any atom is -0.464 e. The third-order valence-corrected chi connectivity index (χ3v) is 1.89. The van der Waals surface area contributed by atoms with Gasteiger partial charge in [-0.05, 0) is 12.1 Å². The van der Waals surface area contributed by atoms with Crippen molar-refractivity contribution in [1.29, 1.82) is 0 Å². The maximum Gasteiger partial charge on any atom is 0.370 e. The van der Waals surface area contributed by atoms with Crippen LogP contribution in [-0.4, -0.2) is 18.0 Å². The van der Waals surface area contributed by atoms with Crippen LogP contribution in [0.4, 0.5) is 14.5 Å². The Hall–Kier alpha value is -2.31. The number of methoxy groups -OCH3 is 1.